The number of aliphatic hydroxyl groups is 1. The van der Waals surface area contributed by atoms with Crippen LogP contribution in [0.5, 0.6) is 0 Å². The van der Waals surface area contributed by atoms with Crippen molar-refractivity contribution in [2.75, 3.05) is 26.2 Å². The number of aliphatic hydroxyl groups excluding tert-OH is 1. The van der Waals surface area contributed by atoms with Crippen LogP contribution in [0.25, 0.3) is 0 Å². The Balaban J connectivity index is 2.16. The van der Waals surface area contributed by atoms with Gasteiger partial charge < -0.3 is 5.11 Å². The third-order valence-corrected chi connectivity index (χ3v) is 2.30. The molecule has 1 unspecified atom stereocenters. The van der Waals surface area contributed by atoms with Gasteiger partial charge in [0.05, 0.1) is 6.54 Å². The fourth-order valence-corrected chi connectivity index (χ4v) is 1.69. The predicted molar refractivity (Wildman–Crippen MR) is 42.3 cm³/mol. The second kappa shape index (κ2) is 4.72. The molecule has 0 aromatic carbocycles. The van der Waals surface area contributed by atoms with Crippen LogP contribution < -0.4 is 0 Å². The standard InChI is InChI=1S/C8H15F2NO/c9-8(10)6-11-3-1-7(5-11)2-4-12/h7-8,12H,1-6H2. The second-order valence-corrected chi connectivity index (χ2v) is 3.32. The summed E-state index contributed by atoms with van der Waals surface area (Å²) < 4.78 is 23.8. The lowest BCUT2D eigenvalue weighted by Crippen LogP contribution is -2.26. The highest BCUT2D eigenvalue weighted by Gasteiger charge is 2.23. The number of halogens is 2. The normalized spacial score (nSPS) is 25.5. The van der Waals surface area contributed by atoms with Gasteiger partial charge in [-0.1, -0.05) is 0 Å². The highest BCUT2D eigenvalue weighted by molar-refractivity contribution is 4.75. The van der Waals surface area contributed by atoms with Gasteiger partial charge in [0.15, 0.2) is 0 Å². The Morgan fingerprint density at radius 3 is 2.83 bits per heavy atom. The fraction of sp³-hybridized carbons (Fsp3) is 1.00. The highest BCUT2D eigenvalue weighted by Crippen LogP contribution is 2.19. The van der Waals surface area contributed by atoms with E-state index in [1.54, 1.807) is 4.90 Å². The summed E-state index contributed by atoms with van der Waals surface area (Å²) in [6, 6.07) is 0. The average Bonchev–Trinajstić information content (AvgIpc) is 2.36. The molecule has 0 amide bonds. The highest BCUT2D eigenvalue weighted by atomic mass is 19.3. The Bertz CT molecular complexity index is 132. The molecule has 1 aliphatic rings. The van der Waals surface area contributed by atoms with Gasteiger partial charge in [0.25, 0.3) is 6.43 Å². The molecule has 1 rings (SSSR count). The first-order chi connectivity index (χ1) is 5.72. The molecular formula is C8H15F2NO. The third kappa shape index (κ3) is 3.03. The van der Waals surface area contributed by atoms with Crippen LogP contribution in [0.4, 0.5) is 8.78 Å². The molecule has 0 spiro atoms. The van der Waals surface area contributed by atoms with E-state index in [4.69, 9.17) is 5.11 Å². The van der Waals surface area contributed by atoms with Gasteiger partial charge in [-0.2, -0.15) is 0 Å². The Kier molecular flexibility index (Phi) is 3.88. The average molecular weight is 179 g/mol. The van der Waals surface area contributed by atoms with E-state index in [1.807, 2.05) is 0 Å². The molecule has 2 nitrogen and oxygen atoms in total. The van der Waals surface area contributed by atoms with Crippen molar-refractivity contribution in [3.05, 3.63) is 0 Å². The molecular weight excluding hydrogens is 164 g/mol. The molecule has 1 fully saturated rings. The van der Waals surface area contributed by atoms with Crippen molar-refractivity contribution in [1.82, 2.24) is 4.90 Å². The molecule has 0 aromatic heterocycles. The Morgan fingerprint density at radius 2 is 2.25 bits per heavy atom. The quantitative estimate of drug-likeness (QED) is 0.694. The summed E-state index contributed by atoms with van der Waals surface area (Å²) in [6.45, 7) is 1.55. The van der Waals surface area contributed by atoms with Crippen molar-refractivity contribution in [1.29, 1.82) is 0 Å². The summed E-state index contributed by atoms with van der Waals surface area (Å²) in [6.07, 6.45) is -0.523. The molecule has 4 heteroatoms. The lowest BCUT2D eigenvalue weighted by Gasteiger charge is -2.14. The maximum Gasteiger partial charge on any atom is 0.251 e. The first kappa shape index (κ1) is 9.86. The molecule has 1 aliphatic heterocycles. The molecule has 12 heavy (non-hydrogen) atoms. The van der Waals surface area contributed by atoms with Gasteiger partial charge in [-0.05, 0) is 25.3 Å². The lowest BCUT2D eigenvalue weighted by atomic mass is 10.1. The van der Waals surface area contributed by atoms with E-state index in [2.05, 4.69) is 0 Å². The topological polar surface area (TPSA) is 23.5 Å². The van der Waals surface area contributed by atoms with Crippen molar-refractivity contribution in [3.8, 4) is 0 Å². The van der Waals surface area contributed by atoms with Crippen LogP contribution in [0.15, 0.2) is 0 Å². The van der Waals surface area contributed by atoms with Gasteiger partial charge in [0, 0.05) is 13.2 Å². The zero-order valence-electron chi connectivity index (χ0n) is 7.05. The molecule has 0 aliphatic carbocycles. The van der Waals surface area contributed by atoms with Gasteiger partial charge in [-0.15, -0.1) is 0 Å². The van der Waals surface area contributed by atoms with Crippen LogP contribution in [0.2, 0.25) is 0 Å². The summed E-state index contributed by atoms with van der Waals surface area (Å²) in [7, 11) is 0. The number of alkyl halides is 2. The van der Waals surface area contributed by atoms with Crippen LogP contribution in [-0.2, 0) is 0 Å². The summed E-state index contributed by atoms with van der Waals surface area (Å²) in [5, 5.41) is 8.63. The molecule has 0 aromatic rings. The van der Waals surface area contributed by atoms with Crippen molar-refractivity contribution < 1.29 is 13.9 Å². The number of nitrogens with zero attached hydrogens (tertiary/aromatic N) is 1. The summed E-state index contributed by atoms with van der Waals surface area (Å²) in [5.74, 6) is 0.425. The zero-order valence-corrected chi connectivity index (χ0v) is 7.05. The third-order valence-electron chi connectivity index (χ3n) is 2.30. The minimum atomic E-state index is -2.22. The minimum absolute atomic E-state index is 0.109. The first-order valence-electron chi connectivity index (χ1n) is 4.33. The number of hydrogen-bond acceptors (Lipinski definition) is 2. The molecule has 0 bridgehead atoms. The van der Waals surface area contributed by atoms with Crippen LogP contribution in [0, 0.1) is 5.92 Å². The Morgan fingerprint density at radius 1 is 1.50 bits per heavy atom. The van der Waals surface area contributed by atoms with Gasteiger partial charge in [0.1, 0.15) is 0 Å². The van der Waals surface area contributed by atoms with Crippen molar-refractivity contribution in [2.45, 2.75) is 19.3 Å². The molecule has 1 N–H and O–H groups in total. The maximum absolute atomic E-state index is 11.9. The van der Waals surface area contributed by atoms with Crippen LogP contribution in [-0.4, -0.2) is 42.7 Å². The van der Waals surface area contributed by atoms with Crippen molar-refractivity contribution >= 4 is 0 Å². The molecule has 1 saturated heterocycles. The molecule has 1 atom stereocenters. The van der Waals surface area contributed by atoms with E-state index in [-0.39, 0.29) is 13.2 Å². The SMILES string of the molecule is OCCC1CCN(CC(F)F)C1. The van der Waals surface area contributed by atoms with E-state index >= 15 is 0 Å². The molecule has 1 heterocycles. The van der Waals surface area contributed by atoms with E-state index in [0.717, 1.165) is 25.9 Å². The van der Waals surface area contributed by atoms with Gasteiger partial charge in [-0.25, -0.2) is 8.78 Å². The maximum atomic E-state index is 11.9. The first-order valence-corrected chi connectivity index (χ1v) is 4.33. The Hall–Kier alpha value is -0.220. The Labute approximate surface area is 71.2 Å². The largest absolute Gasteiger partial charge is 0.396 e. The van der Waals surface area contributed by atoms with Crippen LogP contribution in [0.3, 0.4) is 0 Å². The summed E-state index contributed by atoms with van der Waals surface area (Å²) in [5.41, 5.74) is 0. The number of likely N-dealkylation sites (tertiary alicyclic amines) is 1. The van der Waals surface area contributed by atoms with Crippen LogP contribution >= 0.6 is 0 Å². The zero-order chi connectivity index (χ0) is 8.97. The lowest BCUT2D eigenvalue weighted by molar-refractivity contribution is 0.0972. The minimum Gasteiger partial charge on any atom is -0.396 e. The summed E-state index contributed by atoms with van der Waals surface area (Å²) >= 11 is 0. The predicted octanol–water partition coefficient (Wildman–Crippen LogP) is 0.956. The van der Waals surface area contributed by atoms with Crippen molar-refractivity contribution in [2.24, 2.45) is 5.92 Å². The summed E-state index contributed by atoms with van der Waals surface area (Å²) in [4.78, 5) is 1.77. The molecule has 72 valence electrons. The van der Waals surface area contributed by atoms with Gasteiger partial charge in [-0.3, -0.25) is 4.90 Å². The molecule has 0 saturated carbocycles. The smallest absolute Gasteiger partial charge is 0.251 e. The monoisotopic (exact) mass is 179 g/mol. The van der Waals surface area contributed by atoms with E-state index in [0.29, 0.717) is 5.92 Å². The van der Waals surface area contributed by atoms with Gasteiger partial charge in [0.2, 0.25) is 0 Å². The molecule has 0 radical (unpaired) electrons. The van der Waals surface area contributed by atoms with Gasteiger partial charge >= 0.3 is 0 Å². The van der Waals surface area contributed by atoms with Crippen molar-refractivity contribution in [3.63, 3.8) is 0 Å². The fourth-order valence-electron chi connectivity index (χ4n) is 1.69. The van der Waals surface area contributed by atoms with Crippen LogP contribution in [0.1, 0.15) is 12.8 Å². The van der Waals surface area contributed by atoms with E-state index < -0.39 is 6.43 Å². The second-order valence-electron chi connectivity index (χ2n) is 3.32. The number of rotatable bonds is 4. The van der Waals surface area contributed by atoms with E-state index in [1.165, 1.54) is 0 Å². The van der Waals surface area contributed by atoms with E-state index in [9.17, 15) is 8.78 Å². The number of hydrogen-bond donors (Lipinski definition) is 1.